The maximum atomic E-state index is 12.5. The largest absolute Gasteiger partial charge is 0.349 e. The van der Waals surface area contributed by atoms with Crippen LogP contribution in [0.25, 0.3) is 6.08 Å². The molecule has 0 bridgehead atoms. The number of rotatable bonds is 5. The Morgan fingerprint density at radius 3 is 2.25 bits per heavy atom. The van der Waals surface area contributed by atoms with Gasteiger partial charge in [0.15, 0.2) is 0 Å². The van der Waals surface area contributed by atoms with Crippen LogP contribution in [0.1, 0.15) is 35.2 Å². The fraction of sp³-hybridized carbons (Fsp3) is 0.333. The van der Waals surface area contributed by atoms with Crippen LogP contribution in [0.4, 0.5) is 5.69 Å². The van der Waals surface area contributed by atoms with E-state index < -0.39 is 10.0 Å². The lowest BCUT2D eigenvalue weighted by atomic mass is 10.0. The molecule has 0 aromatic heterocycles. The second-order valence-corrected chi connectivity index (χ2v) is 10.1. The quantitative estimate of drug-likeness (QED) is 0.705. The van der Waals surface area contributed by atoms with Gasteiger partial charge in [-0.05, 0) is 55.2 Å². The highest BCUT2D eigenvalue weighted by atomic mass is 32.2. The van der Waals surface area contributed by atoms with Gasteiger partial charge in [0.25, 0.3) is 5.91 Å². The third kappa shape index (κ3) is 5.19. The predicted molar refractivity (Wildman–Crippen MR) is 125 cm³/mol. The number of piperidine rings is 1. The van der Waals surface area contributed by atoms with Gasteiger partial charge < -0.3 is 10.2 Å². The van der Waals surface area contributed by atoms with E-state index in [9.17, 15) is 18.0 Å². The smallest absolute Gasteiger partial charge is 0.251 e. The lowest BCUT2D eigenvalue weighted by molar-refractivity contribution is -0.127. The highest BCUT2D eigenvalue weighted by Crippen LogP contribution is 2.24. The first-order valence-corrected chi connectivity index (χ1v) is 12.5. The van der Waals surface area contributed by atoms with Crippen LogP contribution >= 0.6 is 0 Å². The Labute approximate surface area is 188 Å². The summed E-state index contributed by atoms with van der Waals surface area (Å²) in [6, 6.07) is 16.4. The Morgan fingerprint density at radius 1 is 0.938 bits per heavy atom. The third-order valence-corrected chi connectivity index (χ3v) is 7.75. The molecule has 2 heterocycles. The standard InChI is InChI=1S/C24H27N3O4S/c28-23(12-9-19-7-10-22(11-8-19)27-15-4-18-32(27,30)31)26-16-13-21(14-17-26)25-24(29)20-5-2-1-3-6-20/h1-3,5-12,21H,4,13-18H2,(H,25,29)/b12-9+. The number of likely N-dealkylation sites (tertiary alicyclic amines) is 1. The summed E-state index contributed by atoms with van der Waals surface area (Å²) >= 11 is 0. The first-order valence-electron chi connectivity index (χ1n) is 10.9. The summed E-state index contributed by atoms with van der Waals surface area (Å²) < 4.78 is 25.5. The highest BCUT2D eigenvalue weighted by Gasteiger charge is 2.28. The molecule has 1 N–H and O–H groups in total. The molecule has 2 fully saturated rings. The molecule has 2 aliphatic heterocycles. The minimum Gasteiger partial charge on any atom is -0.349 e. The van der Waals surface area contributed by atoms with E-state index in [4.69, 9.17) is 0 Å². The second-order valence-electron chi connectivity index (χ2n) is 8.11. The lowest BCUT2D eigenvalue weighted by Gasteiger charge is -2.31. The van der Waals surface area contributed by atoms with Crippen LogP contribution in [0.15, 0.2) is 60.7 Å². The van der Waals surface area contributed by atoms with E-state index in [1.807, 2.05) is 30.3 Å². The van der Waals surface area contributed by atoms with Crippen LogP contribution in [-0.4, -0.2) is 56.6 Å². The molecule has 0 atom stereocenters. The summed E-state index contributed by atoms with van der Waals surface area (Å²) in [7, 11) is -3.19. The summed E-state index contributed by atoms with van der Waals surface area (Å²) in [5, 5.41) is 3.04. The van der Waals surface area contributed by atoms with Gasteiger partial charge in [-0.15, -0.1) is 0 Å². The van der Waals surface area contributed by atoms with E-state index in [1.54, 1.807) is 41.3 Å². The van der Waals surface area contributed by atoms with Crippen molar-refractivity contribution in [2.24, 2.45) is 0 Å². The number of nitrogens with one attached hydrogen (secondary N) is 1. The maximum Gasteiger partial charge on any atom is 0.251 e. The van der Waals surface area contributed by atoms with Gasteiger partial charge >= 0.3 is 0 Å². The summed E-state index contributed by atoms with van der Waals surface area (Å²) in [5.41, 5.74) is 2.14. The van der Waals surface area contributed by atoms with Crippen molar-refractivity contribution in [3.63, 3.8) is 0 Å². The number of carbonyl (C=O) groups is 2. The molecule has 4 rings (SSSR count). The molecule has 2 aliphatic rings. The Kier molecular flexibility index (Phi) is 6.60. The molecule has 0 radical (unpaired) electrons. The highest BCUT2D eigenvalue weighted by molar-refractivity contribution is 7.93. The van der Waals surface area contributed by atoms with Crippen LogP contribution in [0.3, 0.4) is 0 Å². The topological polar surface area (TPSA) is 86.8 Å². The first-order chi connectivity index (χ1) is 15.4. The summed E-state index contributed by atoms with van der Waals surface area (Å²) in [5.74, 6) is 0.0416. The molecule has 2 amide bonds. The number of carbonyl (C=O) groups excluding carboxylic acids is 2. The molecule has 2 saturated heterocycles. The van der Waals surface area contributed by atoms with E-state index in [2.05, 4.69) is 5.32 Å². The molecule has 0 aliphatic carbocycles. The van der Waals surface area contributed by atoms with Gasteiger partial charge in [0.1, 0.15) is 0 Å². The van der Waals surface area contributed by atoms with Crippen LogP contribution < -0.4 is 9.62 Å². The number of amides is 2. The number of hydrogen-bond acceptors (Lipinski definition) is 4. The molecular weight excluding hydrogens is 426 g/mol. The number of benzene rings is 2. The average molecular weight is 454 g/mol. The SMILES string of the molecule is O=C(NC1CCN(C(=O)/C=C/c2ccc(N3CCCS3(=O)=O)cc2)CC1)c1ccccc1. The predicted octanol–water partition coefficient (Wildman–Crippen LogP) is 2.66. The van der Waals surface area contributed by atoms with Crippen molar-refractivity contribution in [1.82, 2.24) is 10.2 Å². The Hall–Kier alpha value is -3.13. The van der Waals surface area contributed by atoms with Gasteiger partial charge in [-0.3, -0.25) is 13.9 Å². The molecule has 8 heteroatoms. The fourth-order valence-electron chi connectivity index (χ4n) is 4.06. The van der Waals surface area contributed by atoms with Crippen LogP contribution in [0, 0.1) is 0 Å². The number of hydrogen-bond donors (Lipinski definition) is 1. The first kappa shape index (κ1) is 22.1. The van der Waals surface area contributed by atoms with Gasteiger partial charge in [0, 0.05) is 37.3 Å². The zero-order valence-electron chi connectivity index (χ0n) is 17.8. The molecule has 168 valence electrons. The molecule has 0 saturated carbocycles. The van der Waals surface area contributed by atoms with E-state index in [-0.39, 0.29) is 23.6 Å². The van der Waals surface area contributed by atoms with Crippen molar-refractivity contribution in [2.45, 2.75) is 25.3 Å². The minimum atomic E-state index is -3.19. The van der Waals surface area contributed by atoms with Crippen molar-refractivity contribution in [3.05, 3.63) is 71.8 Å². The lowest BCUT2D eigenvalue weighted by Crippen LogP contribution is -2.46. The van der Waals surface area contributed by atoms with E-state index in [0.717, 1.165) is 18.4 Å². The summed E-state index contributed by atoms with van der Waals surface area (Å²) in [6.45, 7) is 1.70. The monoisotopic (exact) mass is 453 g/mol. The molecule has 2 aromatic carbocycles. The third-order valence-electron chi connectivity index (χ3n) is 5.88. The number of sulfonamides is 1. The van der Waals surface area contributed by atoms with Gasteiger partial charge in [-0.2, -0.15) is 0 Å². The molecule has 0 spiro atoms. The molecule has 2 aromatic rings. The molecule has 32 heavy (non-hydrogen) atoms. The van der Waals surface area contributed by atoms with Crippen LogP contribution in [0.2, 0.25) is 0 Å². The van der Waals surface area contributed by atoms with Crippen molar-refractivity contribution >= 4 is 33.6 Å². The van der Waals surface area contributed by atoms with Crippen molar-refractivity contribution in [2.75, 3.05) is 29.7 Å². The van der Waals surface area contributed by atoms with Crippen molar-refractivity contribution < 1.29 is 18.0 Å². The van der Waals surface area contributed by atoms with Gasteiger partial charge in [-0.1, -0.05) is 30.3 Å². The second kappa shape index (κ2) is 9.56. The van der Waals surface area contributed by atoms with Crippen LogP contribution in [0.5, 0.6) is 0 Å². The van der Waals surface area contributed by atoms with E-state index in [0.29, 0.717) is 37.3 Å². The Bertz CT molecular complexity index is 1090. The fourth-order valence-corrected chi connectivity index (χ4v) is 5.62. The Balaban J connectivity index is 1.27. The zero-order valence-corrected chi connectivity index (χ0v) is 18.6. The minimum absolute atomic E-state index is 0.0603. The average Bonchev–Trinajstić information content (AvgIpc) is 3.17. The van der Waals surface area contributed by atoms with Crippen LogP contribution in [-0.2, 0) is 14.8 Å². The maximum absolute atomic E-state index is 12.5. The molecular formula is C24H27N3O4S. The summed E-state index contributed by atoms with van der Waals surface area (Å²) in [6.07, 6.45) is 5.37. The molecule has 7 nitrogen and oxygen atoms in total. The number of nitrogens with zero attached hydrogens (tertiary/aromatic N) is 2. The Morgan fingerprint density at radius 2 is 1.62 bits per heavy atom. The molecule has 0 unspecified atom stereocenters. The normalized spacial score (nSPS) is 18.8. The van der Waals surface area contributed by atoms with E-state index >= 15 is 0 Å². The van der Waals surface area contributed by atoms with Gasteiger partial charge in [0.2, 0.25) is 15.9 Å². The zero-order chi connectivity index (χ0) is 22.6. The van der Waals surface area contributed by atoms with Gasteiger partial charge in [-0.25, -0.2) is 8.42 Å². The van der Waals surface area contributed by atoms with Crippen molar-refractivity contribution in [3.8, 4) is 0 Å². The van der Waals surface area contributed by atoms with Crippen molar-refractivity contribution in [1.29, 1.82) is 0 Å². The van der Waals surface area contributed by atoms with Gasteiger partial charge in [0.05, 0.1) is 11.4 Å². The summed E-state index contributed by atoms with van der Waals surface area (Å²) in [4.78, 5) is 26.6. The number of anilines is 1. The van der Waals surface area contributed by atoms with E-state index in [1.165, 1.54) is 4.31 Å².